The van der Waals surface area contributed by atoms with Gasteiger partial charge in [-0.15, -0.1) is 0 Å². The highest BCUT2D eigenvalue weighted by Gasteiger charge is 2.39. The van der Waals surface area contributed by atoms with Gasteiger partial charge in [0.2, 0.25) is 10.0 Å². The van der Waals surface area contributed by atoms with Crippen LogP contribution in [-0.4, -0.2) is 47.1 Å². The van der Waals surface area contributed by atoms with E-state index in [1.54, 1.807) is 42.5 Å². The van der Waals surface area contributed by atoms with Gasteiger partial charge < -0.3 is 9.84 Å². The minimum absolute atomic E-state index is 0.0621. The smallest absolute Gasteiger partial charge is 0.261 e. The van der Waals surface area contributed by atoms with E-state index in [0.717, 1.165) is 11.3 Å². The highest BCUT2D eigenvalue weighted by Crippen LogP contribution is 2.37. The number of ether oxygens (including phenoxy) is 1. The summed E-state index contributed by atoms with van der Waals surface area (Å²) in [5, 5.41) is 10.00. The largest absolute Gasteiger partial charge is 0.493 e. The Labute approximate surface area is 179 Å². The van der Waals surface area contributed by atoms with Gasteiger partial charge in [-0.2, -0.15) is 4.31 Å². The van der Waals surface area contributed by atoms with Gasteiger partial charge in [0, 0.05) is 13.0 Å². The maximum Gasteiger partial charge on any atom is 0.261 e. The second-order valence-corrected chi connectivity index (χ2v) is 9.70. The average Bonchev–Trinajstić information content (AvgIpc) is 3.45. The molecule has 0 spiro atoms. The molecule has 9 heteroatoms. The lowest BCUT2D eigenvalue weighted by molar-refractivity contribution is 0.266. The van der Waals surface area contributed by atoms with Crippen LogP contribution in [0.1, 0.15) is 30.3 Å². The predicted molar refractivity (Wildman–Crippen MR) is 115 cm³/mol. The van der Waals surface area contributed by atoms with Crippen molar-refractivity contribution >= 4 is 20.9 Å². The van der Waals surface area contributed by atoms with Crippen LogP contribution in [0.25, 0.3) is 10.9 Å². The number of aliphatic hydroxyl groups excluding tert-OH is 1. The lowest BCUT2D eigenvalue weighted by Crippen LogP contribution is -2.36. The maximum absolute atomic E-state index is 13.6. The number of fused-ring (bicyclic) bond motifs is 2. The Morgan fingerprint density at radius 1 is 1.19 bits per heavy atom. The Balaban J connectivity index is 1.61. The molecule has 5 rings (SSSR count). The second kappa shape index (κ2) is 7.74. The van der Waals surface area contributed by atoms with Crippen molar-refractivity contribution in [3.05, 3.63) is 64.2 Å². The van der Waals surface area contributed by atoms with Gasteiger partial charge in [0.25, 0.3) is 5.56 Å². The summed E-state index contributed by atoms with van der Waals surface area (Å²) >= 11 is 0. The monoisotopic (exact) mass is 441 g/mol. The molecule has 0 radical (unpaired) electrons. The summed E-state index contributed by atoms with van der Waals surface area (Å²) in [6, 6.07) is 11.4. The SMILES string of the molecule is O=c1c2ccccc2nc(C2CCCN2S(=O)(=O)c2ccc3c(c2)CCO3)n1CCO. The van der Waals surface area contributed by atoms with Gasteiger partial charge in [0.15, 0.2) is 0 Å². The van der Waals surface area contributed by atoms with Crippen molar-refractivity contribution in [3.63, 3.8) is 0 Å². The number of benzene rings is 2. The van der Waals surface area contributed by atoms with Crippen LogP contribution in [0.3, 0.4) is 0 Å². The zero-order chi connectivity index (χ0) is 21.6. The molecule has 2 aromatic carbocycles. The number of para-hydroxylation sites is 1. The van der Waals surface area contributed by atoms with Crippen molar-refractivity contribution < 1.29 is 18.3 Å². The number of aliphatic hydroxyl groups is 1. The van der Waals surface area contributed by atoms with Crippen molar-refractivity contribution in [1.29, 1.82) is 0 Å². The Bertz CT molecular complexity index is 1320. The third kappa shape index (κ3) is 3.33. The lowest BCUT2D eigenvalue weighted by atomic mass is 10.2. The highest BCUT2D eigenvalue weighted by molar-refractivity contribution is 7.89. The van der Waals surface area contributed by atoms with Crippen molar-refractivity contribution in [2.24, 2.45) is 0 Å². The Kier molecular flexibility index (Phi) is 5.04. The maximum atomic E-state index is 13.6. The van der Waals surface area contributed by atoms with E-state index in [2.05, 4.69) is 4.98 Å². The van der Waals surface area contributed by atoms with Gasteiger partial charge in [-0.25, -0.2) is 13.4 Å². The summed E-state index contributed by atoms with van der Waals surface area (Å²) in [5.41, 5.74) is 1.14. The molecule has 2 aliphatic heterocycles. The molecule has 1 fully saturated rings. The van der Waals surface area contributed by atoms with E-state index in [4.69, 9.17) is 4.74 Å². The first-order valence-electron chi connectivity index (χ1n) is 10.4. The van der Waals surface area contributed by atoms with Gasteiger partial charge in [-0.05, 0) is 48.7 Å². The van der Waals surface area contributed by atoms with Crippen LogP contribution in [0.5, 0.6) is 5.75 Å². The molecule has 0 amide bonds. The predicted octanol–water partition coefficient (Wildman–Crippen LogP) is 1.85. The molecule has 1 N–H and O–H groups in total. The van der Waals surface area contributed by atoms with E-state index in [1.807, 2.05) is 0 Å². The average molecular weight is 442 g/mol. The Hall–Kier alpha value is -2.75. The normalized spacial score (nSPS) is 18.9. The van der Waals surface area contributed by atoms with E-state index >= 15 is 0 Å². The van der Waals surface area contributed by atoms with Crippen LogP contribution < -0.4 is 10.3 Å². The number of aromatic nitrogens is 2. The lowest BCUT2D eigenvalue weighted by Gasteiger charge is -2.26. The third-order valence-electron chi connectivity index (χ3n) is 5.98. The highest BCUT2D eigenvalue weighted by atomic mass is 32.2. The van der Waals surface area contributed by atoms with Crippen molar-refractivity contribution in [2.45, 2.75) is 36.7 Å². The van der Waals surface area contributed by atoms with Gasteiger partial charge in [0.05, 0.1) is 41.6 Å². The fourth-order valence-corrected chi connectivity index (χ4v) is 6.21. The van der Waals surface area contributed by atoms with Crippen LogP contribution in [0.2, 0.25) is 0 Å². The van der Waals surface area contributed by atoms with E-state index < -0.39 is 16.1 Å². The van der Waals surface area contributed by atoms with E-state index in [-0.39, 0.29) is 23.6 Å². The van der Waals surface area contributed by atoms with E-state index in [9.17, 15) is 18.3 Å². The number of hydrogen-bond acceptors (Lipinski definition) is 6. The summed E-state index contributed by atoms with van der Waals surface area (Å²) < 4.78 is 35.5. The molecule has 3 aromatic rings. The van der Waals surface area contributed by atoms with Gasteiger partial charge in [-0.3, -0.25) is 9.36 Å². The summed E-state index contributed by atoms with van der Waals surface area (Å²) in [7, 11) is -3.80. The number of nitrogens with zero attached hydrogens (tertiary/aromatic N) is 3. The molecule has 1 unspecified atom stereocenters. The first-order chi connectivity index (χ1) is 15.0. The molecule has 2 aliphatic rings. The molecule has 0 bridgehead atoms. The van der Waals surface area contributed by atoms with Gasteiger partial charge >= 0.3 is 0 Å². The van der Waals surface area contributed by atoms with Crippen molar-refractivity contribution in [2.75, 3.05) is 19.8 Å². The molecular weight excluding hydrogens is 418 g/mol. The van der Waals surface area contributed by atoms with E-state index in [0.29, 0.717) is 49.1 Å². The van der Waals surface area contributed by atoms with Crippen molar-refractivity contribution in [1.82, 2.24) is 13.9 Å². The molecule has 3 heterocycles. The molecule has 0 saturated carbocycles. The molecule has 8 nitrogen and oxygen atoms in total. The van der Waals surface area contributed by atoms with Crippen LogP contribution >= 0.6 is 0 Å². The molecule has 162 valence electrons. The molecule has 1 atom stereocenters. The standard InChI is InChI=1S/C22H23N3O5S/c26-12-11-24-21(23-18-5-2-1-4-17(18)22(24)27)19-6-3-10-25(19)31(28,29)16-7-8-20-15(14-16)9-13-30-20/h1-2,4-5,7-8,14,19,26H,3,6,9-13H2. The van der Waals surface area contributed by atoms with Crippen molar-refractivity contribution in [3.8, 4) is 5.75 Å². The number of rotatable bonds is 5. The minimum atomic E-state index is -3.80. The van der Waals surface area contributed by atoms with Crippen LogP contribution in [0, 0.1) is 0 Å². The summed E-state index contributed by atoms with van der Waals surface area (Å²) in [5.74, 6) is 1.10. The third-order valence-corrected chi connectivity index (χ3v) is 7.89. The molecule has 1 saturated heterocycles. The minimum Gasteiger partial charge on any atom is -0.493 e. The Morgan fingerprint density at radius 3 is 2.87 bits per heavy atom. The fourth-order valence-electron chi connectivity index (χ4n) is 4.50. The summed E-state index contributed by atoms with van der Waals surface area (Å²) in [4.78, 5) is 18.0. The van der Waals surface area contributed by atoms with Gasteiger partial charge in [0.1, 0.15) is 11.6 Å². The quantitative estimate of drug-likeness (QED) is 0.648. The second-order valence-electron chi connectivity index (χ2n) is 7.81. The first kappa shape index (κ1) is 20.2. The topological polar surface area (TPSA) is 102 Å². The molecular formula is C22H23N3O5S. The first-order valence-corrected chi connectivity index (χ1v) is 11.8. The van der Waals surface area contributed by atoms with Crippen LogP contribution in [0.15, 0.2) is 52.2 Å². The van der Waals surface area contributed by atoms with Gasteiger partial charge in [-0.1, -0.05) is 12.1 Å². The molecule has 31 heavy (non-hydrogen) atoms. The molecule has 0 aliphatic carbocycles. The zero-order valence-corrected chi connectivity index (χ0v) is 17.7. The van der Waals surface area contributed by atoms with Crippen LogP contribution in [-0.2, 0) is 23.0 Å². The summed E-state index contributed by atoms with van der Waals surface area (Å²) in [6.07, 6.45) is 1.91. The molecule has 1 aromatic heterocycles. The number of sulfonamides is 1. The number of hydrogen-bond donors (Lipinski definition) is 1. The summed E-state index contributed by atoms with van der Waals surface area (Å²) in [6.45, 7) is 0.728. The zero-order valence-electron chi connectivity index (χ0n) is 16.9. The fraction of sp³-hybridized carbons (Fsp3) is 0.364. The van der Waals surface area contributed by atoms with Crippen LogP contribution in [0.4, 0.5) is 0 Å². The van der Waals surface area contributed by atoms with E-state index in [1.165, 1.54) is 8.87 Å². The Morgan fingerprint density at radius 2 is 2.03 bits per heavy atom.